The van der Waals surface area contributed by atoms with Crippen LogP contribution in [0.5, 0.6) is 0 Å². The van der Waals surface area contributed by atoms with Gasteiger partial charge in [0.2, 0.25) is 0 Å². The summed E-state index contributed by atoms with van der Waals surface area (Å²) in [5.74, 6) is 0.628. The van der Waals surface area contributed by atoms with E-state index in [1.165, 1.54) is 17.8 Å². The summed E-state index contributed by atoms with van der Waals surface area (Å²) < 4.78 is 38.3. The van der Waals surface area contributed by atoms with Gasteiger partial charge >= 0.3 is 6.18 Å². The van der Waals surface area contributed by atoms with Crippen molar-refractivity contribution < 1.29 is 13.2 Å². The number of halogens is 3. The van der Waals surface area contributed by atoms with E-state index in [9.17, 15) is 13.2 Å². The van der Waals surface area contributed by atoms with Crippen LogP contribution in [0.3, 0.4) is 0 Å². The summed E-state index contributed by atoms with van der Waals surface area (Å²) in [5, 5.41) is 0. The van der Waals surface area contributed by atoms with Gasteiger partial charge in [-0.1, -0.05) is 29.8 Å². The van der Waals surface area contributed by atoms with E-state index in [0.29, 0.717) is 10.6 Å². The minimum atomic E-state index is -4.41. The highest BCUT2D eigenvalue weighted by molar-refractivity contribution is 7.98. The van der Waals surface area contributed by atoms with Crippen molar-refractivity contribution in [2.24, 2.45) is 0 Å². The molecule has 0 aliphatic heterocycles. The lowest BCUT2D eigenvalue weighted by molar-refractivity contribution is -0.137. The Morgan fingerprint density at radius 2 is 1.85 bits per heavy atom. The summed E-state index contributed by atoms with van der Waals surface area (Å²) >= 11 is 1.37. The average Bonchev–Trinajstić information content (AvgIpc) is 2.36. The molecule has 0 amide bonds. The van der Waals surface area contributed by atoms with E-state index in [1.807, 2.05) is 31.2 Å². The topological polar surface area (TPSA) is 26.0 Å². The van der Waals surface area contributed by atoms with Crippen LogP contribution in [0.25, 0.3) is 0 Å². The quantitative estimate of drug-likeness (QED) is 0.645. The highest BCUT2D eigenvalue weighted by atomic mass is 32.2. The van der Waals surface area contributed by atoms with Crippen molar-refractivity contribution in [1.29, 1.82) is 0 Å². The Bertz CT molecular complexity index is 608. The maximum atomic E-state index is 12.8. The molecule has 0 unspecified atom stereocenters. The highest BCUT2D eigenvalue weighted by Crippen LogP contribution is 2.36. The first-order chi connectivity index (χ1) is 9.36. The Kier molecular flexibility index (Phi) is 4.28. The summed E-state index contributed by atoms with van der Waals surface area (Å²) in [5.41, 5.74) is 6.58. The second-order valence-electron chi connectivity index (χ2n) is 4.52. The van der Waals surface area contributed by atoms with Gasteiger partial charge in [-0.2, -0.15) is 13.2 Å². The minimum absolute atomic E-state index is 0.239. The molecule has 0 heterocycles. The molecule has 0 aliphatic carbocycles. The van der Waals surface area contributed by atoms with Crippen LogP contribution in [0, 0.1) is 6.92 Å². The van der Waals surface area contributed by atoms with E-state index < -0.39 is 11.7 Å². The molecule has 0 bridgehead atoms. The first-order valence-electron chi connectivity index (χ1n) is 6.01. The molecule has 0 aliphatic rings. The van der Waals surface area contributed by atoms with E-state index >= 15 is 0 Å². The molecule has 1 nitrogen and oxygen atoms in total. The van der Waals surface area contributed by atoms with Crippen LogP contribution < -0.4 is 5.73 Å². The molecule has 2 aromatic carbocycles. The van der Waals surface area contributed by atoms with Gasteiger partial charge < -0.3 is 5.73 Å². The molecule has 0 atom stereocenters. The van der Waals surface area contributed by atoms with E-state index in [1.54, 1.807) is 6.07 Å². The lowest BCUT2D eigenvalue weighted by atomic mass is 10.2. The third-order valence-corrected chi connectivity index (χ3v) is 3.88. The fourth-order valence-corrected chi connectivity index (χ4v) is 2.72. The Morgan fingerprint density at radius 3 is 2.50 bits per heavy atom. The molecule has 2 N–H and O–H groups in total. The predicted octanol–water partition coefficient (Wildman–Crippen LogP) is 4.89. The molecule has 2 aromatic rings. The van der Waals surface area contributed by atoms with E-state index in [0.717, 1.165) is 17.2 Å². The predicted molar refractivity (Wildman–Crippen MR) is 76.6 cm³/mol. The van der Waals surface area contributed by atoms with Crippen LogP contribution in [0.2, 0.25) is 0 Å². The second-order valence-corrected chi connectivity index (χ2v) is 5.57. The van der Waals surface area contributed by atoms with Gasteiger partial charge in [-0.25, -0.2) is 0 Å². The van der Waals surface area contributed by atoms with Crippen LogP contribution in [-0.2, 0) is 11.9 Å². The third kappa shape index (κ3) is 3.70. The molecule has 0 saturated carbocycles. The SMILES string of the molecule is Cc1cccc(CSc2ccc(N)c(C(F)(F)F)c2)c1. The van der Waals surface area contributed by atoms with Crippen LogP contribution in [-0.4, -0.2) is 0 Å². The molecular weight excluding hydrogens is 283 g/mol. The summed E-state index contributed by atoms with van der Waals surface area (Å²) in [7, 11) is 0. The van der Waals surface area contributed by atoms with Gasteiger partial charge in [-0.15, -0.1) is 11.8 Å². The monoisotopic (exact) mass is 297 g/mol. The van der Waals surface area contributed by atoms with Crippen molar-refractivity contribution in [2.75, 3.05) is 5.73 Å². The Morgan fingerprint density at radius 1 is 1.10 bits per heavy atom. The largest absolute Gasteiger partial charge is 0.418 e. The van der Waals surface area contributed by atoms with Crippen LogP contribution in [0.4, 0.5) is 18.9 Å². The lowest BCUT2D eigenvalue weighted by Gasteiger charge is -2.11. The normalized spacial score (nSPS) is 11.6. The third-order valence-electron chi connectivity index (χ3n) is 2.82. The number of anilines is 1. The summed E-state index contributed by atoms with van der Waals surface area (Å²) in [6.45, 7) is 1.99. The number of nitrogen functional groups attached to an aromatic ring is 1. The fraction of sp³-hybridized carbons (Fsp3) is 0.200. The van der Waals surface area contributed by atoms with Crippen molar-refractivity contribution in [1.82, 2.24) is 0 Å². The second kappa shape index (κ2) is 5.79. The maximum Gasteiger partial charge on any atom is 0.418 e. The zero-order valence-corrected chi connectivity index (χ0v) is 11.7. The maximum absolute atomic E-state index is 12.8. The summed E-state index contributed by atoms with van der Waals surface area (Å²) in [6.07, 6.45) is -4.41. The van der Waals surface area contributed by atoms with Crippen molar-refractivity contribution >= 4 is 17.4 Å². The van der Waals surface area contributed by atoms with Gasteiger partial charge in [-0.3, -0.25) is 0 Å². The highest BCUT2D eigenvalue weighted by Gasteiger charge is 2.33. The number of hydrogen-bond acceptors (Lipinski definition) is 2. The van der Waals surface area contributed by atoms with Gasteiger partial charge in [0.15, 0.2) is 0 Å². The van der Waals surface area contributed by atoms with Crippen molar-refractivity contribution in [3.8, 4) is 0 Å². The average molecular weight is 297 g/mol. The fourth-order valence-electron chi connectivity index (χ4n) is 1.84. The number of benzene rings is 2. The molecule has 0 spiro atoms. The van der Waals surface area contributed by atoms with Crippen LogP contribution >= 0.6 is 11.8 Å². The number of rotatable bonds is 3. The number of nitrogens with two attached hydrogens (primary N) is 1. The van der Waals surface area contributed by atoms with Crippen molar-refractivity contribution in [2.45, 2.75) is 23.7 Å². The Labute approximate surface area is 120 Å². The van der Waals surface area contributed by atoms with E-state index in [-0.39, 0.29) is 5.69 Å². The Balaban J connectivity index is 2.14. The molecule has 0 saturated heterocycles. The number of thioether (sulfide) groups is 1. The molecule has 2 rings (SSSR count). The van der Waals surface area contributed by atoms with Crippen molar-refractivity contribution in [3.63, 3.8) is 0 Å². The smallest absolute Gasteiger partial charge is 0.398 e. The van der Waals surface area contributed by atoms with Crippen LogP contribution in [0.1, 0.15) is 16.7 Å². The van der Waals surface area contributed by atoms with E-state index in [2.05, 4.69) is 0 Å². The number of alkyl halides is 3. The van der Waals surface area contributed by atoms with E-state index in [4.69, 9.17) is 5.73 Å². The number of aryl methyl sites for hydroxylation is 1. The summed E-state index contributed by atoms with van der Waals surface area (Å²) in [6, 6.07) is 11.9. The zero-order valence-electron chi connectivity index (χ0n) is 10.9. The lowest BCUT2D eigenvalue weighted by Crippen LogP contribution is -2.08. The molecule has 106 valence electrons. The molecule has 0 radical (unpaired) electrons. The molecule has 20 heavy (non-hydrogen) atoms. The van der Waals surface area contributed by atoms with Gasteiger partial charge in [0.1, 0.15) is 0 Å². The first kappa shape index (κ1) is 14.8. The van der Waals surface area contributed by atoms with Crippen molar-refractivity contribution in [3.05, 3.63) is 59.2 Å². The van der Waals surface area contributed by atoms with Crippen LogP contribution in [0.15, 0.2) is 47.4 Å². The van der Waals surface area contributed by atoms with Gasteiger partial charge in [0.25, 0.3) is 0 Å². The van der Waals surface area contributed by atoms with Gasteiger partial charge in [0, 0.05) is 16.3 Å². The van der Waals surface area contributed by atoms with Gasteiger partial charge in [0.05, 0.1) is 5.56 Å². The Hall–Kier alpha value is -1.62. The summed E-state index contributed by atoms with van der Waals surface area (Å²) in [4.78, 5) is 0.563. The number of hydrogen-bond donors (Lipinski definition) is 1. The molecular formula is C15H14F3NS. The molecule has 0 aromatic heterocycles. The molecule has 5 heteroatoms. The van der Waals surface area contributed by atoms with Gasteiger partial charge in [-0.05, 0) is 30.7 Å². The standard InChI is InChI=1S/C15H14F3NS/c1-10-3-2-4-11(7-10)9-20-12-5-6-14(19)13(8-12)15(16,17)18/h2-8H,9,19H2,1H3. The first-order valence-corrected chi connectivity index (χ1v) is 7.00. The zero-order chi connectivity index (χ0) is 14.8. The minimum Gasteiger partial charge on any atom is -0.398 e. The molecule has 0 fully saturated rings.